The Hall–Kier alpha value is -3.22. The van der Waals surface area contributed by atoms with Crippen LogP contribution in [0.25, 0.3) is 5.82 Å². The van der Waals surface area contributed by atoms with Crippen molar-refractivity contribution in [3.05, 3.63) is 41.9 Å². The Morgan fingerprint density at radius 2 is 1.88 bits per heavy atom. The number of halogens is 3. The molecular formula is C28H40F3N7O2S. The van der Waals surface area contributed by atoms with Crippen LogP contribution >= 0.6 is 11.9 Å². The van der Waals surface area contributed by atoms with Gasteiger partial charge in [-0.05, 0) is 71.0 Å². The Morgan fingerprint density at radius 3 is 2.44 bits per heavy atom. The number of pyridine rings is 1. The van der Waals surface area contributed by atoms with Gasteiger partial charge in [0.25, 0.3) is 5.91 Å². The van der Waals surface area contributed by atoms with E-state index in [1.165, 1.54) is 22.7 Å². The van der Waals surface area contributed by atoms with Crippen molar-refractivity contribution in [2.24, 2.45) is 18.4 Å². The van der Waals surface area contributed by atoms with Crippen LogP contribution in [-0.2, 0) is 7.05 Å². The van der Waals surface area contributed by atoms with E-state index >= 15 is 0 Å². The summed E-state index contributed by atoms with van der Waals surface area (Å²) in [4.78, 5) is 21.1. The molecule has 3 aromatic rings. The van der Waals surface area contributed by atoms with Crippen LogP contribution in [0.5, 0.6) is 5.88 Å². The number of nitrogens with one attached hydrogen (secondary N) is 1. The molecule has 1 fully saturated rings. The number of rotatable bonds is 8. The lowest BCUT2D eigenvalue weighted by atomic mass is 9.94. The fourth-order valence-corrected chi connectivity index (χ4v) is 5.30. The Balaban J connectivity index is 0.00000226. The van der Waals surface area contributed by atoms with Crippen LogP contribution in [0.1, 0.15) is 70.9 Å². The Morgan fingerprint density at radius 1 is 1.20 bits per heavy atom. The second kappa shape index (κ2) is 12.3. The zero-order valence-electron chi connectivity index (χ0n) is 25.1. The maximum absolute atomic E-state index is 13.4. The molecule has 1 N–H and O–H groups in total. The predicted molar refractivity (Wildman–Crippen MR) is 155 cm³/mol. The van der Waals surface area contributed by atoms with Gasteiger partial charge in [0.15, 0.2) is 5.82 Å². The molecule has 1 atom stereocenters. The monoisotopic (exact) mass is 595 g/mol. The van der Waals surface area contributed by atoms with Crippen LogP contribution in [0, 0.1) is 18.3 Å². The number of nitrogens with zero attached hydrogens (tertiary/aromatic N) is 6. The smallest absolute Gasteiger partial charge is 0.397 e. The van der Waals surface area contributed by atoms with Crippen molar-refractivity contribution in [3.8, 4) is 11.7 Å². The topological polar surface area (TPSA) is 90.1 Å². The number of ether oxygens (including phenoxy) is 1. The Labute approximate surface area is 244 Å². The molecule has 0 radical (unpaired) electrons. The van der Waals surface area contributed by atoms with E-state index in [9.17, 15) is 18.0 Å². The van der Waals surface area contributed by atoms with Crippen LogP contribution in [0.4, 0.5) is 19.0 Å². The maximum atomic E-state index is 13.4. The molecule has 226 valence electrons. The summed E-state index contributed by atoms with van der Waals surface area (Å²) in [5, 5.41) is 8.58. The van der Waals surface area contributed by atoms with E-state index in [2.05, 4.69) is 40.6 Å². The summed E-state index contributed by atoms with van der Waals surface area (Å²) in [5.74, 6) is 1.08. The van der Waals surface area contributed by atoms with E-state index < -0.39 is 18.2 Å². The molecule has 13 heteroatoms. The number of anilines is 1. The molecule has 0 bridgehead atoms. The number of carbonyl (C=O) groups excluding carboxylic acids is 1. The first-order valence-electron chi connectivity index (χ1n) is 13.6. The van der Waals surface area contributed by atoms with Gasteiger partial charge in [0, 0.05) is 37.6 Å². The van der Waals surface area contributed by atoms with Gasteiger partial charge in [-0.15, -0.1) is 5.10 Å². The molecule has 1 aliphatic rings. The van der Waals surface area contributed by atoms with Gasteiger partial charge >= 0.3 is 6.18 Å². The van der Waals surface area contributed by atoms with Gasteiger partial charge in [-0.2, -0.15) is 18.3 Å². The highest BCUT2D eigenvalue weighted by Gasteiger charge is 2.48. The predicted octanol–water partition coefficient (Wildman–Crippen LogP) is 6.36. The third-order valence-electron chi connectivity index (χ3n) is 6.80. The molecule has 9 nitrogen and oxygen atoms in total. The maximum Gasteiger partial charge on any atom is 0.397 e. The van der Waals surface area contributed by atoms with Crippen molar-refractivity contribution in [1.29, 1.82) is 0 Å². The fraction of sp³-hybridized carbons (Fsp3) is 0.571. The van der Waals surface area contributed by atoms with E-state index in [0.717, 1.165) is 37.4 Å². The lowest BCUT2D eigenvalue weighted by Crippen LogP contribution is -2.40. The molecule has 0 saturated carbocycles. The molecule has 0 aliphatic carbocycles. The average Bonchev–Trinajstić information content (AvgIpc) is 3.57. The van der Waals surface area contributed by atoms with Crippen LogP contribution in [0.3, 0.4) is 0 Å². The number of aryl methyl sites for hydroxylation is 2. The molecule has 4 rings (SSSR count). The molecule has 0 unspecified atom stereocenters. The zero-order chi connectivity index (χ0) is 30.8. The summed E-state index contributed by atoms with van der Waals surface area (Å²) in [6, 6.07) is 4.84. The largest absolute Gasteiger partial charge is 0.476 e. The lowest BCUT2D eigenvalue weighted by Gasteiger charge is -2.34. The van der Waals surface area contributed by atoms with E-state index in [1.807, 2.05) is 34.0 Å². The first-order chi connectivity index (χ1) is 19.1. The zero-order valence-corrected chi connectivity index (χ0v) is 25.9. The molecule has 1 amide bonds. The standard InChI is InChI=1S/C26H34F3N7O2S.C2H6/c1-16-12-25(5,6)35(13-16)22-18(23(37)33-39-19-14-34(7)31-17(19)2)8-9-20(30-22)36-11-10-21(32-36)38-15-24(3,4)26(27,28)29;1-2/h8-11,14,16H,12-13,15H2,1-7H3,(H,33,37);1-2H3/t16-;/m1./s1. The van der Waals surface area contributed by atoms with Crippen LogP contribution in [-0.4, -0.2) is 55.3 Å². The van der Waals surface area contributed by atoms with Gasteiger partial charge in [0.2, 0.25) is 5.88 Å². The van der Waals surface area contributed by atoms with Crippen molar-refractivity contribution >= 4 is 23.7 Å². The number of amides is 1. The van der Waals surface area contributed by atoms with Crippen molar-refractivity contribution in [3.63, 3.8) is 0 Å². The highest BCUT2D eigenvalue weighted by molar-refractivity contribution is 7.98. The molecule has 3 aromatic heterocycles. The highest BCUT2D eigenvalue weighted by atomic mass is 32.2. The van der Waals surface area contributed by atoms with Crippen LogP contribution in [0.15, 0.2) is 35.5 Å². The van der Waals surface area contributed by atoms with E-state index in [-0.39, 0.29) is 17.3 Å². The minimum Gasteiger partial charge on any atom is -0.476 e. The summed E-state index contributed by atoms with van der Waals surface area (Å²) in [6.07, 6.45) is -0.0734. The number of hydrogen-bond acceptors (Lipinski definition) is 7. The SMILES string of the molecule is CC.Cc1nn(C)cc1SNC(=O)c1ccc(-n2ccc(OCC(C)(C)C(F)(F)F)n2)nc1N1C[C@H](C)CC1(C)C. The van der Waals surface area contributed by atoms with Gasteiger partial charge in [0.05, 0.1) is 21.6 Å². The van der Waals surface area contributed by atoms with Crippen molar-refractivity contribution in [2.45, 2.75) is 78.4 Å². The number of hydrogen-bond donors (Lipinski definition) is 1. The van der Waals surface area contributed by atoms with E-state index in [4.69, 9.17) is 9.72 Å². The molecule has 0 spiro atoms. The average molecular weight is 596 g/mol. The Bertz CT molecular complexity index is 1350. The number of alkyl halides is 3. The summed E-state index contributed by atoms with van der Waals surface area (Å²) >= 11 is 1.19. The number of carbonyl (C=O) groups is 1. The minimum absolute atomic E-state index is 0.0517. The first kappa shape index (κ1) is 32.3. The highest BCUT2D eigenvalue weighted by Crippen LogP contribution is 2.39. The second-order valence-electron chi connectivity index (χ2n) is 11.3. The number of aromatic nitrogens is 5. The molecule has 0 aromatic carbocycles. The van der Waals surface area contributed by atoms with E-state index in [0.29, 0.717) is 23.1 Å². The van der Waals surface area contributed by atoms with Gasteiger partial charge in [-0.1, -0.05) is 20.8 Å². The van der Waals surface area contributed by atoms with Gasteiger partial charge in [-0.3, -0.25) is 14.2 Å². The first-order valence-corrected chi connectivity index (χ1v) is 14.4. The minimum atomic E-state index is -4.41. The Kier molecular flexibility index (Phi) is 9.72. The molecule has 41 heavy (non-hydrogen) atoms. The third-order valence-corrected chi connectivity index (χ3v) is 7.71. The fourth-order valence-electron chi connectivity index (χ4n) is 4.59. The van der Waals surface area contributed by atoms with Gasteiger partial charge in [0.1, 0.15) is 12.4 Å². The summed E-state index contributed by atoms with van der Waals surface area (Å²) in [5.41, 5.74) is -1.05. The van der Waals surface area contributed by atoms with E-state index in [1.54, 1.807) is 23.0 Å². The van der Waals surface area contributed by atoms with Crippen molar-refractivity contribution < 1.29 is 22.7 Å². The van der Waals surface area contributed by atoms with Crippen LogP contribution < -0.4 is 14.4 Å². The molecule has 1 aliphatic heterocycles. The van der Waals surface area contributed by atoms with Crippen LogP contribution in [0.2, 0.25) is 0 Å². The summed E-state index contributed by atoms with van der Waals surface area (Å²) in [6.45, 7) is 14.6. The van der Waals surface area contributed by atoms with Crippen molar-refractivity contribution in [1.82, 2.24) is 29.3 Å². The van der Waals surface area contributed by atoms with Gasteiger partial charge in [-0.25, -0.2) is 9.67 Å². The summed E-state index contributed by atoms with van der Waals surface area (Å²) < 4.78 is 51.0. The lowest BCUT2D eigenvalue weighted by molar-refractivity contribution is -0.219. The summed E-state index contributed by atoms with van der Waals surface area (Å²) in [7, 11) is 1.82. The van der Waals surface area contributed by atoms with Gasteiger partial charge < -0.3 is 9.64 Å². The second-order valence-corrected chi connectivity index (χ2v) is 12.2. The third kappa shape index (κ3) is 7.35. The molecule has 1 saturated heterocycles. The molecular weight excluding hydrogens is 555 g/mol. The normalized spacial score (nSPS) is 16.8. The quantitative estimate of drug-likeness (QED) is 0.303. The molecule has 4 heterocycles. The van der Waals surface area contributed by atoms with Crippen molar-refractivity contribution in [2.75, 3.05) is 18.1 Å².